The quantitative estimate of drug-likeness (QED) is 0.350. The molecule has 0 amide bonds. The van der Waals surface area contributed by atoms with E-state index in [9.17, 15) is 18.0 Å². The van der Waals surface area contributed by atoms with Crippen LogP contribution in [-0.4, -0.2) is 45.8 Å². The van der Waals surface area contributed by atoms with Gasteiger partial charge in [0.05, 0.1) is 13.1 Å². The number of hydrogen-bond acceptors (Lipinski definition) is 6. The Bertz CT molecular complexity index is 229. The van der Waals surface area contributed by atoms with Crippen molar-refractivity contribution in [3.63, 3.8) is 0 Å². The second-order valence-electron chi connectivity index (χ2n) is 2.27. The molecule has 0 aromatic rings. The second-order valence-corrected chi connectivity index (χ2v) is 4.34. The second kappa shape index (κ2) is 6.70. The van der Waals surface area contributed by atoms with Gasteiger partial charge < -0.3 is 9.59 Å². The molecule has 0 heterocycles. The molecular weight excluding hydrogens is 196 g/mol. The molecule has 0 saturated heterocycles. The van der Waals surface area contributed by atoms with Crippen LogP contribution in [0.3, 0.4) is 0 Å². The molecule has 0 radical (unpaired) electrons. The Morgan fingerprint density at radius 1 is 0.923 bits per heavy atom. The van der Waals surface area contributed by atoms with E-state index in [4.69, 9.17) is 0 Å². The summed E-state index contributed by atoms with van der Waals surface area (Å²) < 4.78 is 22.0. The van der Waals surface area contributed by atoms with Crippen molar-refractivity contribution in [2.24, 2.45) is 0 Å². The molecule has 6 nitrogen and oxygen atoms in total. The Morgan fingerprint density at radius 3 is 1.62 bits per heavy atom. The van der Waals surface area contributed by atoms with Gasteiger partial charge in [-0.2, -0.15) is 0 Å². The zero-order valence-corrected chi connectivity index (χ0v) is 7.84. The lowest BCUT2D eigenvalue weighted by Gasteiger charge is -2.03. The highest BCUT2D eigenvalue weighted by molar-refractivity contribution is 7.91. The van der Waals surface area contributed by atoms with E-state index in [-0.39, 0.29) is 24.8 Å². The van der Waals surface area contributed by atoms with Crippen molar-refractivity contribution in [1.29, 1.82) is 0 Å². The minimum absolute atomic E-state index is 0.00686. The number of nitrogens with one attached hydrogen (secondary N) is 2. The van der Waals surface area contributed by atoms with Gasteiger partial charge in [0.2, 0.25) is 0 Å². The highest BCUT2D eigenvalue weighted by atomic mass is 32.2. The molecule has 76 valence electrons. The number of carbonyl (C=O) groups is 2. The number of carbonyl (C=O) groups excluding carboxylic acids is 2. The van der Waals surface area contributed by atoms with Crippen LogP contribution in [0.2, 0.25) is 0 Å². The van der Waals surface area contributed by atoms with Gasteiger partial charge in [-0.3, -0.25) is 10.6 Å². The van der Waals surface area contributed by atoms with Crippen LogP contribution in [0.5, 0.6) is 0 Å². The Morgan fingerprint density at radius 2 is 1.31 bits per heavy atom. The van der Waals surface area contributed by atoms with E-state index in [1.165, 1.54) is 0 Å². The monoisotopic (exact) mass is 208 g/mol. The molecule has 0 aliphatic heterocycles. The number of hydrogen-bond donors (Lipinski definition) is 2. The van der Waals surface area contributed by atoms with Gasteiger partial charge in [0.1, 0.15) is 24.3 Å². The van der Waals surface area contributed by atoms with Gasteiger partial charge in [-0.05, 0) is 0 Å². The largest absolute Gasteiger partial charge is 0.302 e. The van der Waals surface area contributed by atoms with Gasteiger partial charge in [0.25, 0.3) is 0 Å². The minimum Gasteiger partial charge on any atom is -0.302 e. The average molecular weight is 208 g/mol. The molecule has 0 bridgehead atoms. The van der Waals surface area contributed by atoms with E-state index in [0.717, 1.165) is 0 Å². The van der Waals surface area contributed by atoms with Crippen LogP contribution in [0.1, 0.15) is 0 Å². The molecule has 0 rings (SSSR count). The summed E-state index contributed by atoms with van der Waals surface area (Å²) >= 11 is 0. The molecule has 0 unspecified atom stereocenters. The van der Waals surface area contributed by atoms with Crippen LogP contribution in [0.25, 0.3) is 0 Å². The lowest BCUT2D eigenvalue weighted by atomic mass is 10.7. The molecule has 0 saturated carbocycles. The highest BCUT2D eigenvalue weighted by Gasteiger charge is 2.08. The van der Waals surface area contributed by atoms with Gasteiger partial charge in [-0.25, -0.2) is 8.42 Å². The summed E-state index contributed by atoms with van der Waals surface area (Å²) in [5.41, 5.74) is 0. The van der Waals surface area contributed by atoms with Crippen molar-refractivity contribution in [3.05, 3.63) is 0 Å². The molecule has 0 aliphatic carbocycles. The summed E-state index contributed by atoms with van der Waals surface area (Å²) in [6, 6.07) is 0. The van der Waals surface area contributed by atoms with Crippen LogP contribution in [0, 0.1) is 0 Å². The third-order valence-corrected chi connectivity index (χ3v) is 2.39. The van der Waals surface area contributed by atoms with E-state index in [1.807, 2.05) is 0 Å². The van der Waals surface area contributed by atoms with E-state index in [0.29, 0.717) is 12.6 Å². The molecule has 0 spiro atoms. The fourth-order valence-electron chi connectivity index (χ4n) is 0.598. The zero-order chi connectivity index (χ0) is 10.2. The molecule has 0 aromatic heterocycles. The summed E-state index contributed by atoms with van der Waals surface area (Å²) in [6.07, 6.45) is 1.16. The molecule has 2 N–H and O–H groups in total. The van der Waals surface area contributed by atoms with Crippen molar-refractivity contribution in [3.8, 4) is 0 Å². The van der Waals surface area contributed by atoms with E-state index in [2.05, 4.69) is 10.6 Å². The summed E-state index contributed by atoms with van der Waals surface area (Å²) in [5.74, 6) is -0.533. The van der Waals surface area contributed by atoms with Gasteiger partial charge in [0.15, 0.2) is 9.84 Å². The SMILES string of the molecule is O=CCNCS(=O)(=O)CNCC=O. The number of aldehydes is 2. The first-order valence-corrected chi connectivity index (χ1v) is 5.43. The van der Waals surface area contributed by atoms with Gasteiger partial charge >= 0.3 is 0 Å². The lowest BCUT2D eigenvalue weighted by Crippen LogP contribution is -2.32. The van der Waals surface area contributed by atoms with Crippen LogP contribution in [-0.2, 0) is 19.4 Å². The third kappa shape index (κ3) is 7.57. The van der Waals surface area contributed by atoms with Gasteiger partial charge in [0, 0.05) is 0 Å². The molecule has 0 fully saturated rings. The van der Waals surface area contributed by atoms with Gasteiger partial charge in [-0.15, -0.1) is 0 Å². The first kappa shape index (κ1) is 12.2. The summed E-state index contributed by atoms with van der Waals surface area (Å²) in [5, 5.41) is 4.84. The molecule has 0 aliphatic rings. The van der Waals surface area contributed by atoms with Crippen molar-refractivity contribution in [2.45, 2.75) is 0 Å². The Kier molecular flexibility index (Phi) is 6.29. The maximum absolute atomic E-state index is 11.0. The zero-order valence-electron chi connectivity index (χ0n) is 7.02. The van der Waals surface area contributed by atoms with Crippen molar-refractivity contribution in [2.75, 3.05) is 24.8 Å². The van der Waals surface area contributed by atoms with E-state index >= 15 is 0 Å². The maximum Gasteiger partial charge on any atom is 0.176 e. The fraction of sp³-hybridized carbons (Fsp3) is 0.667. The molecule has 0 atom stereocenters. The first-order chi connectivity index (χ1) is 6.12. The van der Waals surface area contributed by atoms with E-state index in [1.54, 1.807) is 0 Å². The topological polar surface area (TPSA) is 92.3 Å². The Hall–Kier alpha value is -0.790. The predicted molar refractivity (Wildman–Crippen MR) is 46.8 cm³/mol. The van der Waals surface area contributed by atoms with Gasteiger partial charge in [-0.1, -0.05) is 0 Å². The summed E-state index contributed by atoms with van der Waals surface area (Å²) in [4.78, 5) is 19.7. The molecule has 0 aromatic carbocycles. The maximum atomic E-state index is 11.0. The van der Waals surface area contributed by atoms with Crippen molar-refractivity contribution in [1.82, 2.24) is 10.6 Å². The molecule has 13 heavy (non-hydrogen) atoms. The normalized spacial score (nSPS) is 11.1. The van der Waals surface area contributed by atoms with Crippen molar-refractivity contribution >= 4 is 22.4 Å². The predicted octanol–water partition coefficient (Wildman–Crippen LogP) is -2.11. The Balaban J connectivity index is 3.67. The third-order valence-electron chi connectivity index (χ3n) is 1.10. The standard InChI is InChI=1S/C6H12N2O4S/c9-3-1-7-5-13(11,12)6-8-2-4-10/h3-4,7-8H,1-2,5-6H2. The highest BCUT2D eigenvalue weighted by Crippen LogP contribution is 1.82. The minimum atomic E-state index is -3.27. The van der Waals surface area contributed by atoms with Crippen LogP contribution in [0.4, 0.5) is 0 Å². The van der Waals surface area contributed by atoms with Crippen LogP contribution < -0.4 is 10.6 Å². The van der Waals surface area contributed by atoms with Crippen LogP contribution >= 0.6 is 0 Å². The Labute approximate surface area is 76.6 Å². The fourth-order valence-corrected chi connectivity index (χ4v) is 1.56. The number of rotatable bonds is 8. The van der Waals surface area contributed by atoms with Crippen molar-refractivity contribution < 1.29 is 18.0 Å². The molecular formula is C6H12N2O4S. The first-order valence-electron chi connectivity index (χ1n) is 3.61. The smallest absolute Gasteiger partial charge is 0.176 e. The summed E-state index contributed by atoms with van der Waals surface area (Å²) in [6.45, 7) is 0.0137. The van der Waals surface area contributed by atoms with E-state index < -0.39 is 9.84 Å². The number of sulfone groups is 1. The average Bonchev–Trinajstić information content (AvgIpc) is 2.05. The summed E-state index contributed by atoms with van der Waals surface area (Å²) in [7, 11) is -3.27. The molecule has 7 heteroatoms. The van der Waals surface area contributed by atoms with Crippen LogP contribution in [0.15, 0.2) is 0 Å². The lowest BCUT2D eigenvalue weighted by molar-refractivity contribution is -0.107.